The zero-order chi connectivity index (χ0) is 49.8. The number of nitrogens with one attached hydrogen (secondary N) is 1. The first-order valence-corrected chi connectivity index (χ1v) is 30.1. The molecule has 0 aromatic rings. The summed E-state index contributed by atoms with van der Waals surface area (Å²) in [6, 6.07) is 0. The van der Waals surface area contributed by atoms with E-state index in [0.717, 1.165) is 136 Å². The largest absolute Gasteiger partial charge is 0.465 e. The maximum Gasteiger partial charge on any atom is 0.407 e. The van der Waals surface area contributed by atoms with Crippen molar-refractivity contribution in [3.8, 4) is 0 Å². The lowest BCUT2D eigenvalue weighted by Crippen LogP contribution is -2.33. The van der Waals surface area contributed by atoms with Gasteiger partial charge in [0.25, 0.3) is 0 Å². The molecule has 68 heavy (non-hydrogen) atoms. The molecule has 1 N–H and O–H groups in total. The lowest BCUT2D eigenvalue weighted by molar-refractivity contribution is -0.150. The van der Waals surface area contributed by atoms with Gasteiger partial charge in [0.05, 0.1) is 12.5 Å². The lowest BCUT2D eigenvalue weighted by Gasteiger charge is -2.22. The highest BCUT2D eigenvalue weighted by Gasteiger charge is 2.19. The average molecular weight is 965 g/mol. The minimum atomic E-state index is -0.315. The molecule has 0 aromatic heterocycles. The van der Waals surface area contributed by atoms with E-state index < -0.39 is 0 Å². The summed E-state index contributed by atoms with van der Waals surface area (Å²) in [6.45, 7) is 20.8. The fraction of sp³-hybridized carbons (Fsp3) is 0.949. The number of esters is 2. The van der Waals surface area contributed by atoms with Gasteiger partial charge < -0.3 is 24.4 Å². The summed E-state index contributed by atoms with van der Waals surface area (Å²) in [4.78, 5) is 43.3. The Kier molecular flexibility index (Phi) is 51.5. The van der Waals surface area contributed by atoms with Crippen LogP contribution in [0, 0.1) is 5.92 Å². The summed E-state index contributed by atoms with van der Waals surface area (Å²) in [5.74, 6) is 0.134. The molecule has 0 bridgehead atoms. The Morgan fingerprint density at radius 2 is 0.809 bits per heavy atom. The van der Waals surface area contributed by atoms with Gasteiger partial charge in [-0.1, -0.05) is 215 Å². The highest BCUT2D eigenvalue weighted by atomic mass is 16.6. The van der Waals surface area contributed by atoms with Crippen molar-refractivity contribution in [3.63, 3.8) is 0 Å². The standard InChI is InChI=1S/C59H117N3O6/c1-7-13-17-21-27-35-44-55(43-34-20-16-10-4)58(64)66-53-41-33-25-24-31-39-49-62(52-54-67-59(65)60-48-42-51-61(11-5)12-6)50-40-32-26-30-38-47-57(63)68-56(45-36-28-22-18-14-8-2)46-37-29-23-19-15-9-3/h55-56H,7-54H2,1-6H3,(H,60,65). The van der Waals surface area contributed by atoms with Crippen molar-refractivity contribution in [1.82, 2.24) is 15.1 Å². The van der Waals surface area contributed by atoms with Crippen LogP contribution in [0.3, 0.4) is 0 Å². The van der Waals surface area contributed by atoms with Gasteiger partial charge in [-0.3, -0.25) is 14.5 Å². The van der Waals surface area contributed by atoms with Crippen LogP contribution in [-0.2, 0) is 23.8 Å². The number of ether oxygens (including phenoxy) is 3. The predicted molar refractivity (Wildman–Crippen MR) is 291 cm³/mol. The average Bonchev–Trinajstić information content (AvgIpc) is 3.34. The Morgan fingerprint density at radius 1 is 0.397 bits per heavy atom. The maximum absolute atomic E-state index is 13.1. The van der Waals surface area contributed by atoms with Gasteiger partial charge in [-0.25, -0.2) is 4.79 Å². The Labute approximate surface area is 423 Å². The number of hydrogen-bond acceptors (Lipinski definition) is 8. The van der Waals surface area contributed by atoms with E-state index in [2.05, 4.69) is 56.7 Å². The van der Waals surface area contributed by atoms with Crippen LogP contribution in [0.5, 0.6) is 0 Å². The molecule has 0 aliphatic heterocycles. The van der Waals surface area contributed by atoms with E-state index in [1.807, 2.05) is 0 Å². The van der Waals surface area contributed by atoms with Crippen molar-refractivity contribution < 1.29 is 28.6 Å². The number of amides is 1. The molecule has 0 aliphatic rings. The zero-order valence-electron chi connectivity index (χ0n) is 46.4. The van der Waals surface area contributed by atoms with Crippen molar-refractivity contribution in [3.05, 3.63) is 0 Å². The Bertz CT molecular complexity index is 1060. The Balaban J connectivity index is 4.73. The molecule has 0 rings (SSSR count). The normalized spacial score (nSPS) is 12.1. The van der Waals surface area contributed by atoms with Crippen LogP contribution in [0.1, 0.15) is 292 Å². The van der Waals surface area contributed by atoms with Crippen LogP contribution in [0.4, 0.5) is 4.79 Å². The van der Waals surface area contributed by atoms with Crippen molar-refractivity contribution in [2.75, 3.05) is 59.0 Å². The summed E-state index contributed by atoms with van der Waals surface area (Å²) in [6.07, 6.45) is 45.0. The van der Waals surface area contributed by atoms with Gasteiger partial charge in [0, 0.05) is 19.5 Å². The van der Waals surface area contributed by atoms with E-state index >= 15 is 0 Å². The van der Waals surface area contributed by atoms with E-state index in [1.165, 1.54) is 148 Å². The molecule has 0 radical (unpaired) electrons. The third kappa shape index (κ3) is 45.3. The highest BCUT2D eigenvalue weighted by Crippen LogP contribution is 2.22. The van der Waals surface area contributed by atoms with Crippen LogP contribution in [0.15, 0.2) is 0 Å². The molecular formula is C59H117N3O6. The number of carbonyl (C=O) groups is 3. The Hall–Kier alpha value is -1.87. The van der Waals surface area contributed by atoms with Gasteiger partial charge in [-0.2, -0.15) is 0 Å². The third-order valence-electron chi connectivity index (χ3n) is 14.1. The van der Waals surface area contributed by atoms with Gasteiger partial charge in [-0.15, -0.1) is 0 Å². The first-order chi connectivity index (χ1) is 33.3. The van der Waals surface area contributed by atoms with E-state index in [4.69, 9.17) is 14.2 Å². The van der Waals surface area contributed by atoms with Gasteiger partial charge in [0.15, 0.2) is 0 Å². The molecule has 0 aromatic carbocycles. The van der Waals surface area contributed by atoms with Crippen molar-refractivity contribution >= 4 is 18.0 Å². The minimum absolute atomic E-state index is 0.00484. The van der Waals surface area contributed by atoms with E-state index in [1.54, 1.807) is 0 Å². The van der Waals surface area contributed by atoms with Crippen LogP contribution < -0.4 is 5.32 Å². The maximum atomic E-state index is 13.1. The number of alkyl carbamates (subject to hydrolysis) is 1. The third-order valence-corrected chi connectivity index (χ3v) is 14.1. The summed E-state index contributed by atoms with van der Waals surface area (Å²) >= 11 is 0. The smallest absolute Gasteiger partial charge is 0.407 e. The second-order valence-corrected chi connectivity index (χ2v) is 20.4. The molecule has 9 heteroatoms. The SMILES string of the molecule is CCCCCCCCC(CCCCCCCC)OC(=O)CCCCCCCN(CCCCCCCCOC(=O)C(CCCCCC)CCCCCCCC)CCOC(=O)NCCCN(CC)CC. The molecule has 0 aliphatic carbocycles. The van der Waals surface area contributed by atoms with Gasteiger partial charge in [0.1, 0.15) is 12.7 Å². The molecular weight excluding hydrogens is 847 g/mol. The second-order valence-electron chi connectivity index (χ2n) is 20.4. The minimum Gasteiger partial charge on any atom is -0.465 e. The molecule has 0 fully saturated rings. The predicted octanol–water partition coefficient (Wildman–Crippen LogP) is 16.7. The number of hydrogen-bond donors (Lipinski definition) is 1. The fourth-order valence-corrected chi connectivity index (χ4v) is 9.44. The first kappa shape index (κ1) is 66.1. The van der Waals surface area contributed by atoms with Crippen molar-refractivity contribution in [2.45, 2.75) is 298 Å². The van der Waals surface area contributed by atoms with E-state index in [-0.39, 0.29) is 30.1 Å². The monoisotopic (exact) mass is 964 g/mol. The Morgan fingerprint density at radius 3 is 1.31 bits per heavy atom. The van der Waals surface area contributed by atoms with E-state index in [9.17, 15) is 14.4 Å². The van der Waals surface area contributed by atoms with Gasteiger partial charge >= 0.3 is 18.0 Å². The summed E-state index contributed by atoms with van der Waals surface area (Å²) in [5, 5.41) is 2.94. The van der Waals surface area contributed by atoms with Crippen LogP contribution >= 0.6 is 0 Å². The molecule has 0 saturated carbocycles. The van der Waals surface area contributed by atoms with Crippen LogP contribution in [0.25, 0.3) is 0 Å². The molecule has 0 saturated heterocycles. The number of carbonyl (C=O) groups excluding carboxylic acids is 3. The molecule has 0 heterocycles. The fourth-order valence-electron chi connectivity index (χ4n) is 9.44. The van der Waals surface area contributed by atoms with Crippen molar-refractivity contribution in [2.24, 2.45) is 5.92 Å². The molecule has 1 atom stereocenters. The number of nitrogens with zero attached hydrogens (tertiary/aromatic N) is 2. The molecule has 1 amide bonds. The quantitative estimate of drug-likeness (QED) is 0.0366. The second kappa shape index (κ2) is 52.9. The van der Waals surface area contributed by atoms with Gasteiger partial charge in [-0.05, 0) is 103 Å². The van der Waals surface area contributed by atoms with E-state index in [0.29, 0.717) is 26.2 Å². The van der Waals surface area contributed by atoms with Crippen molar-refractivity contribution in [1.29, 1.82) is 0 Å². The zero-order valence-corrected chi connectivity index (χ0v) is 46.4. The van der Waals surface area contributed by atoms with Gasteiger partial charge in [0.2, 0.25) is 0 Å². The summed E-state index contributed by atoms with van der Waals surface area (Å²) in [7, 11) is 0. The molecule has 0 spiro atoms. The molecule has 9 nitrogen and oxygen atoms in total. The number of unbranched alkanes of at least 4 members (excludes halogenated alkanes) is 27. The lowest BCUT2D eigenvalue weighted by atomic mass is 9.94. The molecule has 1 unspecified atom stereocenters. The van der Waals surface area contributed by atoms with Crippen LogP contribution in [0.2, 0.25) is 0 Å². The van der Waals surface area contributed by atoms with Crippen LogP contribution in [-0.4, -0.2) is 93.0 Å². The summed E-state index contributed by atoms with van der Waals surface area (Å²) in [5.41, 5.74) is 0. The first-order valence-electron chi connectivity index (χ1n) is 30.1. The molecule has 404 valence electrons. The highest BCUT2D eigenvalue weighted by molar-refractivity contribution is 5.72. The number of rotatable bonds is 54. The topological polar surface area (TPSA) is 97.4 Å². The summed E-state index contributed by atoms with van der Waals surface area (Å²) < 4.78 is 17.6.